The van der Waals surface area contributed by atoms with E-state index in [1.165, 1.54) is 0 Å². The molecule has 0 spiro atoms. The minimum Gasteiger partial charge on any atom is -0.370 e. The summed E-state index contributed by atoms with van der Waals surface area (Å²) in [5.41, 5.74) is 3.28. The van der Waals surface area contributed by atoms with E-state index in [4.69, 9.17) is 9.26 Å². The molecule has 9 nitrogen and oxygen atoms in total. The van der Waals surface area contributed by atoms with Crippen LogP contribution in [0.4, 0.5) is 0 Å². The van der Waals surface area contributed by atoms with Crippen molar-refractivity contribution in [2.75, 3.05) is 19.6 Å². The van der Waals surface area contributed by atoms with Crippen molar-refractivity contribution < 1.29 is 18.8 Å². The van der Waals surface area contributed by atoms with Crippen molar-refractivity contribution in [3.05, 3.63) is 63.2 Å². The van der Waals surface area contributed by atoms with E-state index >= 15 is 0 Å². The van der Waals surface area contributed by atoms with Gasteiger partial charge in [0.1, 0.15) is 5.76 Å². The first kappa shape index (κ1) is 23.1. The Morgan fingerprint density at radius 3 is 2.70 bits per heavy atom. The second-order valence-corrected chi connectivity index (χ2v) is 9.24. The van der Waals surface area contributed by atoms with Crippen LogP contribution in [0.3, 0.4) is 0 Å². The Bertz CT molecular complexity index is 1090. The van der Waals surface area contributed by atoms with Crippen LogP contribution in [0.5, 0.6) is 0 Å². The lowest BCUT2D eigenvalue weighted by Crippen LogP contribution is -2.40. The zero-order valence-electron chi connectivity index (χ0n) is 19.0. The maximum absolute atomic E-state index is 13.2. The van der Waals surface area contributed by atoms with Gasteiger partial charge >= 0.3 is 0 Å². The summed E-state index contributed by atoms with van der Waals surface area (Å²) in [5.74, 6) is 0.345. The number of amides is 2. The molecule has 1 aliphatic heterocycles. The van der Waals surface area contributed by atoms with Crippen molar-refractivity contribution in [3.8, 4) is 0 Å². The van der Waals surface area contributed by atoms with Crippen LogP contribution < -0.4 is 0 Å². The summed E-state index contributed by atoms with van der Waals surface area (Å²) in [6.07, 6.45) is 3.23. The first-order valence-electron chi connectivity index (χ1n) is 10.8. The normalized spacial score (nSPS) is 16.8. The number of hydrogen-bond donors (Lipinski definition) is 0. The third-order valence-electron chi connectivity index (χ3n) is 5.64. The van der Waals surface area contributed by atoms with Gasteiger partial charge in [-0.2, -0.15) is 0 Å². The zero-order valence-corrected chi connectivity index (χ0v) is 19.8. The molecule has 10 heteroatoms. The second-order valence-electron chi connectivity index (χ2n) is 8.17. The number of aromatic nitrogens is 3. The molecule has 0 aromatic carbocycles. The van der Waals surface area contributed by atoms with Crippen LogP contribution in [-0.4, -0.2) is 62.5 Å². The summed E-state index contributed by atoms with van der Waals surface area (Å²) >= 11 is 1.55. The van der Waals surface area contributed by atoms with Gasteiger partial charge in [-0.15, -0.1) is 11.3 Å². The van der Waals surface area contributed by atoms with Crippen molar-refractivity contribution in [3.63, 3.8) is 0 Å². The molecule has 4 rings (SSSR count). The maximum atomic E-state index is 13.2. The molecule has 4 heterocycles. The molecule has 1 aliphatic rings. The summed E-state index contributed by atoms with van der Waals surface area (Å²) < 4.78 is 11.4. The van der Waals surface area contributed by atoms with Gasteiger partial charge in [-0.25, -0.2) is 4.98 Å². The van der Waals surface area contributed by atoms with Crippen LogP contribution in [-0.2, 0) is 33.9 Å². The number of ether oxygens (including phenoxy) is 1. The number of nitrogens with zero attached hydrogens (tertiary/aromatic N) is 5. The fourth-order valence-electron chi connectivity index (χ4n) is 3.81. The average molecular weight is 470 g/mol. The highest BCUT2D eigenvalue weighted by Crippen LogP contribution is 2.18. The molecule has 0 aliphatic carbocycles. The Morgan fingerprint density at radius 1 is 1.24 bits per heavy atom. The van der Waals surface area contributed by atoms with Gasteiger partial charge in [-0.1, -0.05) is 5.16 Å². The summed E-state index contributed by atoms with van der Waals surface area (Å²) in [6, 6.07) is 3.77. The molecule has 0 bridgehead atoms. The Hall–Kier alpha value is -3.11. The van der Waals surface area contributed by atoms with Crippen molar-refractivity contribution in [2.24, 2.45) is 0 Å². The van der Waals surface area contributed by atoms with Gasteiger partial charge in [0, 0.05) is 36.4 Å². The Kier molecular flexibility index (Phi) is 7.14. The fourth-order valence-corrected chi connectivity index (χ4v) is 4.42. The van der Waals surface area contributed by atoms with Crippen LogP contribution in [0.25, 0.3) is 0 Å². The van der Waals surface area contributed by atoms with E-state index in [0.29, 0.717) is 37.7 Å². The van der Waals surface area contributed by atoms with Gasteiger partial charge < -0.3 is 19.1 Å². The summed E-state index contributed by atoms with van der Waals surface area (Å²) in [6.45, 7) is 7.01. The highest BCUT2D eigenvalue weighted by molar-refractivity contribution is 7.09. The predicted octanol–water partition coefficient (Wildman–Crippen LogP) is 2.45. The molecular weight excluding hydrogens is 442 g/mol. The lowest BCUT2D eigenvalue weighted by atomic mass is 10.1. The minimum atomic E-state index is -0.335. The molecule has 1 unspecified atom stereocenters. The lowest BCUT2D eigenvalue weighted by molar-refractivity contribution is -0.138. The first-order valence-corrected chi connectivity index (χ1v) is 11.7. The molecule has 0 radical (unpaired) electrons. The topological polar surface area (TPSA) is 102 Å². The summed E-state index contributed by atoms with van der Waals surface area (Å²) in [5, 5.41) is 6.84. The molecule has 1 fully saturated rings. The molecule has 1 saturated heterocycles. The van der Waals surface area contributed by atoms with Gasteiger partial charge in [0.15, 0.2) is 0 Å². The van der Waals surface area contributed by atoms with E-state index in [1.54, 1.807) is 40.5 Å². The average Bonchev–Trinajstić information content (AvgIpc) is 3.30. The van der Waals surface area contributed by atoms with E-state index in [2.05, 4.69) is 15.1 Å². The van der Waals surface area contributed by atoms with Gasteiger partial charge in [-0.3, -0.25) is 14.6 Å². The summed E-state index contributed by atoms with van der Waals surface area (Å²) in [4.78, 5) is 38.1. The maximum Gasteiger partial charge on any atom is 0.242 e. The van der Waals surface area contributed by atoms with E-state index < -0.39 is 0 Å². The third-order valence-corrected chi connectivity index (χ3v) is 6.47. The third kappa shape index (κ3) is 5.82. The van der Waals surface area contributed by atoms with Crippen molar-refractivity contribution in [1.29, 1.82) is 0 Å². The molecule has 0 N–H and O–H groups in total. The first-order chi connectivity index (χ1) is 15.9. The largest absolute Gasteiger partial charge is 0.370 e. The molecule has 1 atom stereocenters. The number of pyridine rings is 1. The number of thiazole rings is 1. The van der Waals surface area contributed by atoms with Gasteiger partial charge in [0.25, 0.3) is 0 Å². The smallest absolute Gasteiger partial charge is 0.242 e. The van der Waals surface area contributed by atoms with E-state index in [1.807, 2.05) is 31.4 Å². The van der Waals surface area contributed by atoms with E-state index in [9.17, 15) is 9.59 Å². The number of carbonyl (C=O) groups is 2. The number of carbonyl (C=O) groups excluding carboxylic acids is 2. The number of aryl methyl sites for hydroxylation is 3. The quantitative estimate of drug-likeness (QED) is 0.524. The van der Waals surface area contributed by atoms with E-state index in [-0.39, 0.29) is 30.9 Å². The molecule has 0 saturated carbocycles. The summed E-state index contributed by atoms with van der Waals surface area (Å²) in [7, 11) is 0. The van der Waals surface area contributed by atoms with Gasteiger partial charge in [-0.05, 0) is 38.5 Å². The zero-order chi connectivity index (χ0) is 23.4. The van der Waals surface area contributed by atoms with Gasteiger partial charge in [0.2, 0.25) is 11.8 Å². The molecule has 3 aromatic heterocycles. The van der Waals surface area contributed by atoms with Crippen LogP contribution in [0.1, 0.15) is 33.3 Å². The fraction of sp³-hybridized carbons (Fsp3) is 0.435. The van der Waals surface area contributed by atoms with Crippen molar-refractivity contribution in [2.45, 2.75) is 46.4 Å². The second kappa shape index (κ2) is 10.2. The predicted molar refractivity (Wildman–Crippen MR) is 121 cm³/mol. The molecule has 2 amide bonds. The standard InChI is InChI=1S/C23H27N5O4S/c1-15-21(16(2)32-26-15)8-22(29)28-11-20(31-13-18-4-6-24-7-5-18)10-27(23(30)12-28)9-19-14-33-17(3)25-19/h4-7,14,20H,8-13H2,1-3H3. The lowest BCUT2D eigenvalue weighted by Gasteiger charge is -2.24. The number of rotatable bonds is 7. The van der Waals surface area contributed by atoms with Crippen molar-refractivity contribution in [1.82, 2.24) is 24.9 Å². The van der Waals surface area contributed by atoms with Crippen LogP contribution >= 0.6 is 11.3 Å². The Labute approximate surface area is 196 Å². The Balaban J connectivity index is 1.50. The Morgan fingerprint density at radius 2 is 2.03 bits per heavy atom. The molecule has 33 heavy (non-hydrogen) atoms. The SMILES string of the molecule is Cc1nc(CN2CC(OCc3ccncc3)CN(C(=O)Cc3c(C)noc3C)CC2=O)cs1. The molecule has 3 aromatic rings. The highest BCUT2D eigenvalue weighted by Gasteiger charge is 2.32. The monoisotopic (exact) mass is 469 g/mol. The van der Waals surface area contributed by atoms with E-state index in [0.717, 1.165) is 21.8 Å². The van der Waals surface area contributed by atoms with Crippen molar-refractivity contribution >= 4 is 23.2 Å². The van der Waals surface area contributed by atoms with Crippen LogP contribution in [0, 0.1) is 20.8 Å². The van der Waals surface area contributed by atoms with Crippen LogP contribution in [0.2, 0.25) is 0 Å². The van der Waals surface area contributed by atoms with Gasteiger partial charge in [0.05, 0.1) is 48.6 Å². The molecular formula is C23H27N5O4S. The number of hydrogen-bond acceptors (Lipinski definition) is 8. The van der Waals surface area contributed by atoms with Crippen LogP contribution in [0.15, 0.2) is 34.4 Å². The highest BCUT2D eigenvalue weighted by atomic mass is 32.1. The molecule has 174 valence electrons. The minimum absolute atomic E-state index is 0.000441.